The lowest BCUT2D eigenvalue weighted by molar-refractivity contribution is 0.190. The first-order valence-corrected chi connectivity index (χ1v) is 14.0. The average Bonchev–Trinajstić information content (AvgIpc) is 2.79. The van der Waals surface area contributed by atoms with Crippen LogP contribution < -0.4 is 10.6 Å². The van der Waals surface area contributed by atoms with Crippen LogP contribution in [0.4, 0.5) is 0 Å². The fourth-order valence-electron chi connectivity index (χ4n) is 3.96. The van der Waals surface area contributed by atoms with Gasteiger partial charge in [-0.05, 0) is 56.3 Å². The Morgan fingerprint density at radius 1 is 1.03 bits per heavy atom. The predicted molar refractivity (Wildman–Crippen MR) is 133 cm³/mol. The third kappa shape index (κ3) is 8.84. The minimum atomic E-state index is -3.48. The first-order valence-electron chi connectivity index (χ1n) is 12.0. The number of nitrogens with one attached hydrogen (secondary N) is 2. The molecule has 0 radical (unpaired) electrons. The number of hydrogen-bond donors (Lipinski definition) is 2. The van der Waals surface area contributed by atoms with Crippen molar-refractivity contribution >= 4 is 24.9 Å². The Kier molecular flexibility index (Phi) is 12.1. The molecule has 2 N–H and O–H groups in total. The molecular weight excluding hydrogens is 427 g/mol. The summed E-state index contributed by atoms with van der Waals surface area (Å²) in [5, 5.41) is 7.25. The smallest absolute Gasteiger partial charge is 0.357 e. The maximum absolute atomic E-state index is 14.0. The standard InChI is InChI=1S/C24H41N2O3PS/c1-4-6-18-28-30(27,29-19-7-5-2)23(22-16-12-9-13-17-22)26-24(31)25-20(3)21-14-10-8-11-15-21/h9,12-13,16-17,20-21,23H,4-8,10-11,14-15,18-19H2,1-3H3,(H2,25,26,31)/t20-,23?/m1/s1. The van der Waals surface area contributed by atoms with E-state index >= 15 is 0 Å². The molecule has 0 heterocycles. The van der Waals surface area contributed by atoms with Gasteiger partial charge in [0.05, 0.1) is 13.2 Å². The molecule has 1 aromatic rings. The van der Waals surface area contributed by atoms with E-state index < -0.39 is 13.4 Å². The van der Waals surface area contributed by atoms with E-state index in [-0.39, 0.29) is 6.04 Å². The van der Waals surface area contributed by atoms with Gasteiger partial charge in [-0.15, -0.1) is 0 Å². The molecule has 1 unspecified atom stereocenters. The van der Waals surface area contributed by atoms with Gasteiger partial charge < -0.3 is 19.7 Å². The Bertz CT molecular complexity index is 669. The van der Waals surface area contributed by atoms with Crippen LogP contribution in [-0.4, -0.2) is 24.4 Å². The second-order valence-electron chi connectivity index (χ2n) is 8.53. The van der Waals surface area contributed by atoms with E-state index in [9.17, 15) is 4.57 Å². The molecule has 1 aliphatic carbocycles. The van der Waals surface area contributed by atoms with Gasteiger partial charge in [-0.25, -0.2) is 0 Å². The third-order valence-corrected chi connectivity index (χ3v) is 8.33. The number of hydrogen-bond acceptors (Lipinski definition) is 4. The highest BCUT2D eigenvalue weighted by molar-refractivity contribution is 7.80. The van der Waals surface area contributed by atoms with Gasteiger partial charge in [-0.1, -0.05) is 76.3 Å². The summed E-state index contributed by atoms with van der Waals surface area (Å²) in [4.78, 5) is 0. The monoisotopic (exact) mass is 468 g/mol. The third-order valence-electron chi connectivity index (χ3n) is 5.95. The molecule has 176 valence electrons. The van der Waals surface area contributed by atoms with Crippen molar-refractivity contribution in [3.05, 3.63) is 35.9 Å². The largest absolute Gasteiger partial charge is 0.360 e. The molecule has 0 aromatic heterocycles. The lowest BCUT2D eigenvalue weighted by Crippen LogP contribution is -2.45. The minimum Gasteiger partial charge on any atom is -0.360 e. The van der Waals surface area contributed by atoms with Crippen LogP contribution >= 0.6 is 19.8 Å². The predicted octanol–water partition coefficient (Wildman–Crippen LogP) is 6.94. The Morgan fingerprint density at radius 2 is 1.61 bits per heavy atom. The Hall–Kier alpha value is -0.940. The van der Waals surface area contributed by atoms with Crippen LogP contribution in [0.1, 0.15) is 89.9 Å². The zero-order valence-corrected chi connectivity index (χ0v) is 21.2. The van der Waals surface area contributed by atoms with Crippen molar-refractivity contribution in [3.8, 4) is 0 Å². The van der Waals surface area contributed by atoms with Crippen LogP contribution in [0.3, 0.4) is 0 Å². The Balaban J connectivity index is 2.16. The number of thiocarbonyl (C=S) groups is 1. The molecule has 1 aliphatic rings. The van der Waals surface area contributed by atoms with Gasteiger partial charge >= 0.3 is 7.60 Å². The zero-order valence-electron chi connectivity index (χ0n) is 19.5. The van der Waals surface area contributed by atoms with E-state index in [2.05, 4.69) is 31.4 Å². The van der Waals surface area contributed by atoms with Crippen LogP contribution in [0.5, 0.6) is 0 Å². The molecule has 2 atom stereocenters. The van der Waals surface area contributed by atoms with Gasteiger partial charge in [-0.2, -0.15) is 0 Å². The summed E-state index contributed by atoms with van der Waals surface area (Å²) in [7, 11) is -3.48. The van der Waals surface area contributed by atoms with Crippen LogP contribution in [0.2, 0.25) is 0 Å². The molecule has 0 spiro atoms. The van der Waals surface area contributed by atoms with Crippen molar-refractivity contribution in [2.24, 2.45) is 5.92 Å². The second-order valence-corrected chi connectivity index (χ2v) is 11.1. The van der Waals surface area contributed by atoms with Gasteiger partial charge in [0.25, 0.3) is 0 Å². The molecule has 1 saturated carbocycles. The lowest BCUT2D eigenvalue weighted by Gasteiger charge is -2.32. The summed E-state index contributed by atoms with van der Waals surface area (Å²) < 4.78 is 25.9. The molecule has 0 saturated heterocycles. The van der Waals surface area contributed by atoms with E-state index in [1.165, 1.54) is 32.1 Å². The van der Waals surface area contributed by atoms with E-state index in [1.807, 2.05) is 30.3 Å². The number of benzene rings is 1. The van der Waals surface area contributed by atoms with Crippen LogP contribution in [0, 0.1) is 5.92 Å². The van der Waals surface area contributed by atoms with Crippen molar-refractivity contribution in [3.63, 3.8) is 0 Å². The number of rotatable bonds is 13. The quantitative estimate of drug-likeness (QED) is 0.186. The zero-order chi connectivity index (χ0) is 22.5. The molecule has 5 nitrogen and oxygen atoms in total. The number of unbranched alkanes of at least 4 members (excludes halogenated alkanes) is 2. The van der Waals surface area contributed by atoms with E-state index in [1.54, 1.807) is 0 Å². The van der Waals surface area contributed by atoms with Crippen LogP contribution in [0.25, 0.3) is 0 Å². The van der Waals surface area contributed by atoms with Gasteiger partial charge in [0.1, 0.15) is 0 Å². The van der Waals surface area contributed by atoms with E-state index in [4.69, 9.17) is 21.3 Å². The Labute approximate surface area is 194 Å². The summed E-state index contributed by atoms with van der Waals surface area (Å²) >= 11 is 5.66. The van der Waals surface area contributed by atoms with E-state index in [0.29, 0.717) is 24.2 Å². The summed E-state index contributed by atoms with van der Waals surface area (Å²) in [5.74, 6) is -0.0157. The van der Waals surface area contributed by atoms with Crippen molar-refractivity contribution in [2.45, 2.75) is 90.4 Å². The fourth-order valence-corrected chi connectivity index (χ4v) is 6.32. The molecule has 7 heteroatoms. The molecule has 1 fully saturated rings. The van der Waals surface area contributed by atoms with Crippen molar-refractivity contribution < 1.29 is 13.6 Å². The first kappa shape index (κ1) is 26.3. The summed E-state index contributed by atoms with van der Waals surface area (Å²) in [5.41, 5.74) is 0.855. The minimum absolute atomic E-state index is 0.276. The second kappa shape index (κ2) is 14.3. The molecular formula is C24H41N2O3PS. The maximum Gasteiger partial charge on any atom is 0.357 e. The first-order chi connectivity index (χ1) is 15.0. The topological polar surface area (TPSA) is 59.6 Å². The SMILES string of the molecule is CCCCOP(=O)(OCCCC)C(NC(=S)N[C@H](C)C1CCCCC1)c1ccccc1. The van der Waals surface area contributed by atoms with Crippen LogP contribution in [0.15, 0.2) is 30.3 Å². The molecule has 0 amide bonds. The van der Waals surface area contributed by atoms with Crippen molar-refractivity contribution in [1.29, 1.82) is 0 Å². The highest BCUT2D eigenvalue weighted by Crippen LogP contribution is 2.59. The van der Waals surface area contributed by atoms with Crippen molar-refractivity contribution in [1.82, 2.24) is 10.6 Å². The molecule has 31 heavy (non-hydrogen) atoms. The summed E-state index contributed by atoms with van der Waals surface area (Å²) in [6, 6.07) is 10.00. The fraction of sp³-hybridized carbons (Fsp3) is 0.708. The van der Waals surface area contributed by atoms with E-state index in [0.717, 1.165) is 31.2 Å². The molecule has 0 bridgehead atoms. The lowest BCUT2D eigenvalue weighted by atomic mass is 9.85. The summed E-state index contributed by atoms with van der Waals surface area (Å²) in [6.45, 7) is 7.18. The average molecular weight is 469 g/mol. The van der Waals surface area contributed by atoms with Gasteiger partial charge in [-0.3, -0.25) is 4.57 Å². The highest BCUT2D eigenvalue weighted by Gasteiger charge is 2.38. The van der Waals surface area contributed by atoms with Gasteiger partial charge in [0.2, 0.25) is 0 Å². The maximum atomic E-state index is 14.0. The highest BCUT2D eigenvalue weighted by atomic mass is 32.1. The van der Waals surface area contributed by atoms with Crippen molar-refractivity contribution in [2.75, 3.05) is 13.2 Å². The molecule has 0 aliphatic heterocycles. The van der Waals surface area contributed by atoms with Gasteiger partial charge in [0.15, 0.2) is 10.9 Å². The molecule has 1 aromatic carbocycles. The van der Waals surface area contributed by atoms with Crippen LogP contribution in [-0.2, 0) is 13.6 Å². The van der Waals surface area contributed by atoms with Gasteiger partial charge in [0, 0.05) is 6.04 Å². The Morgan fingerprint density at radius 3 is 2.16 bits per heavy atom. The molecule has 2 rings (SSSR count). The summed E-state index contributed by atoms with van der Waals surface area (Å²) in [6.07, 6.45) is 9.98. The normalized spacial score (nSPS) is 17.1.